The van der Waals surface area contributed by atoms with Crippen molar-refractivity contribution in [1.29, 1.82) is 0 Å². The van der Waals surface area contributed by atoms with Gasteiger partial charge < -0.3 is 10.1 Å². The minimum absolute atomic E-state index is 0.210. The maximum Gasteiger partial charge on any atom is 0.311 e. The monoisotopic (exact) mass is 268 g/mol. The third kappa shape index (κ3) is 3.45. The van der Waals surface area contributed by atoms with Crippen LogP contribution >= 0.6 is 11.3 Å². The molecule has 18 heavy (non-hydrogen) atoms. The molecule has 5 heteroatoms. The SMILES string of the molecule is CCOC(=O)Cc1csc(NCC2CC2(C)C)n1. The van der Waals surface area contributed by atoms with E-state index >= 15 is 0 Å². The van der Waals surface area contributed by atoms with E-state index in [4.69, 9.17) is 4.74 Å². The largest absolute Gasteiger partial charge is 0.466 e. The van der Waals surface area contributed by atoms with Crippen molar-refractivity contribution in [1.82, 2.24) is 4.98 Å². The lowest BCUT2D eigenvalue weighted by molar-refractivity contribution is -0.142. The van der Waals surface area contributed by atoms with Gasteiger partial charge in [0.25, 0.3) is 0 Å². The number of rotatable bonds is 6. The lowest BCUT2D eigenvalue weighted by Gasteiger charge is -2.04. The molecule has 0 saturated heterocycles. The molecule has 1 saturated carbocycles. The van der Waals surface area contributed by atoms with Gasteiger partial charge in [0, 0.05) is 11.9 Å². The minimum atomic E-state index is -0.210. The Morgan fingerprint density at radius 3 is 3.00 bits per heavy atom. The normalized spacial score (nSPS) is 20.5. The molecular weight excluding hydrogens is 248 g/mol. The van der Waals surface area contributed by atoms with E-state index < -0.39 is 0 Å². The highest BCUT2D eigenvalue weighted by molar-refractivity contribution is 7.13. The van der Waals surface area contributed by atoms with Crippen LogP contribution in [-0.4, -0.2) is 24.1 Å². The number of nitrogens with one attached hydrogen (secondary N) is 1. The van der Waals surface area contributed by atoms with E-state index in [2.05, 4.69) is 24.1 Å². The number of ether oxygens (including phenoxy) is 1. The van der Waals surface area contributed by atoms with Crippen LogP contribution in [0.4, 0.5) is 5.13 Å². The maximum atomic E-state index is 11.3. The fourth-order valence-corrected chi connectivity index (χ4v) is 2.68. The molecule has 4 nitrogen and oxygen atoms in total. The van der Waals surface area contributed by atoms with E-state index in [1.54, 1.807) is 11.3 Å². The van der Waals surface area contributed by atoms with E-state index in [0.717, 1.165) is 23.3 Å². The lowest BCUT2D eigenvalue weighted by Crippen LogP contribution is -2.09. The van der Waals surface area contributed by atoms with Crippen molar-refractivity contribution >= 4 is 22.4 Å². The molecule has 1 fully saturated rings. The molecule has 1 unspecified atom stereocenters. The molecule has 0 aliphatic heterocycles. The molecule has 0 spiro atoms. The standard InChI is InChI=1S/C13H20N2O2S/c1-4-17-11(16)5-10-8-18-12(15-10)14-7-9-6-13(9,2)3/h8-9H,4-7H2,1-3H3,(H,14,15). The quantitative estimate of drug-likeness (QED) is 0.806. The predicted molar refractivity (Wildman–Crippen MR) is 72.8 cm³/mol. The summed E-state index contributed by atoms with van der Waals surface area (Å²) in [6.07, 6.45) is 1.54. The highest BCUT2D eigenvalue weighted by Crippen LogP contribution is 2.51. The number of aromatic nitrogens is 1. The van der Waals surface area contributed by atoms with Crippen molar-refractivity contribution in [3.63, 3.8) is 0 Å². The number of hydrogen-bond donors (Lipinski definition) is 1. The Morgan fingerprint density at radius 1 is 1.67 bits per heavy atom. The molecule has 1 heterocycles. The van der Waals surface area contributed by atoms with Gasteiger partial charge in [-0.25, -0.2) is 4.98 Å². The van der Waals surface area contributed by atoms with Crippen LogP contribution in [-0.2, 0) is 16.0 Å². The first kappa shape index (κ1) is 13.3. The first-order valence-corrected chi connectivity index (χ1v) is 7.23. The van der Waals surface area contributed by atoms with Crippen molar-refractivity contribution in [3.8, 4) is 0 Å². The number of thiazole rings is 1. The van der Waals surface area contributed by atoms with Crippen LogP contribution in [0.15, 0.2) is 5.38 Å². The minimum Gasteiger partial charge on any atom is -0.466 e. The van der Waals surface area contributed by atoms with Crippen molar-refractivity contribution in [3.05, 3.63) is 11.1 Å². The van der Waals surface area contributed by atoms with Gasteiger partial charge in [-0.15, -0.1) is 11.3 Å². The molecule has 0 bridgehead atoms. The Balaban J connectivity index is 1.77. The summed E-state index contributed by atoms with van der Waals surface area (Å²) in [5.74, 6) is 0.535. The topological polar surface area (TPSA) is 51.2 Å². The second-order valence-electron chi connectivity index (χ2n) is 5.40. The number of nitrogens with zero attached hydrogens (tertiary/aromatic N) is 1. The fraction of sp³-hybridized carbons (Fsp3) is 0.692. The van der Waals surface area contributed by atoms with Gasteiger partial charge in [-0.3, -0.25) is 4.79 Å². The van der Waals surface area contributed by atoms with Crippen LogP contribution < -0.4 is 5.32 Å². The third-order valence-electron chi connectivity index (χ3n) is 3.40. The van der Waals surface area contributed by atoms with Gasteiger partial charge in [-0.1, -0.05) is 13.8 Å². The van der Waals surface area contributed by atoms with E-state index in [1.165, 1.54) is 6.42 Å². The number of hydrogen-bond acceptors (Lipinski definition) is 5. The van der Waals surface area contributed by atoms with Gasteiger partial charge in [0.05, 0.1) is 18.7 Å². The van der Waals surface area contributed by atoms with Crippen LogP contribution in [0.25, 0.3) is 0 Å². The molecule has 1 aromatic rings. The van der Waals surface area contributed by atoms with Gasteiger partial charge >= 0.3 is 5.97 Å². The molecule has 1 aliphatic carbocycles. The summed E-state index contributed by atoms with van der Waals surface area (Å²) in [5.41, 5.74) is 1.27. The van der Waals surface area contributed by atoms with Crippen molar-refractivity contribution in [2.75, 3.05) is 18.5 Å². The van der Waals surface area contributed by atoms with E-state index in [1.807, 2.05) is 12.3 Å². The highest BCUT2D eigenvalue weighted by Gasteiger charge is 2.45. The first-order chi connectivity index (χ1) is 8.51. The zero-order chi connectivity index (χ0) is 13.2. The maximum absolute atomic E-state index is 11.3. The number of esters is 1. The zero-order valence-electron chi connectivity index (χ0n) is 11.2. The molecule has 2 rings (SSSR count). The number of carbonyl (C=O) groups is 1. The summed E-state index contributed by atoms with van der Waals surface area (Å²) in [5, 5.41) is 6.16. The third-order valence-corrected chi connectivity index (χ3v) is 4.25. The molecular formula is C13H20N2O2S. The van der Waals surface area contributed by atoms with E-state index in [0.29, 0.717) is 12.0 Å². The van der Waals surface area contributed by atoms with Gasteiger partial charge in [0.15, 0.2) is 5.13 Å². The fourth-order valence-electron chi connectivity index (χ4n) is 1.96. The van der Waals surface area contributed by atoms with Crippen LogP contribution in [0.2, 0.25) is 0 Å². The summed E-state index contributed by atoms with van der Waals surface area (Å²) in [7, 11) is 0. The summed E-state index contributed by atoms with van der Waals surface area (Å²) in [6.45, 7) is 7.77. The number of anilines is 1. The molecule has 1 aromatic heterocycles. The van der Waals surface area contributed by atoms with Crippen LogP contribution in [0, 0.1) is 11.3 Å². The van der Waals surface area contributed by atoms with Gasteiger partial charge in [0.2, 0.25) is 0 Å². The molecule has 0 amide bonds. The molecule has 0 radical (unpaired) electrons. The first-order valence-electron chi connectivity index (χ1n) is 6.35. The Morgan fingerprint density at radius 2 is 2.39 bits per heavy atom. The van der Waals surface area contributed by atoms with Gasteiger partial charge in [-0.2, -0.15) is 0 Å². The Labute approximate surface area is 112 Å². The van der Waals surface area contributed by atoms with Gasteiger partial charge in [0.1, 0.15) is 0 Å². The summed E-state index contributed by atoms with van der Waals surface area (Å²) in [4.78, 5) is 15.7. The molecule has 1 N–H and O–H groups in total. The van der Waals surface area contributed by atoms with Gasteiger partial charge in [-0.05, 0) is 24.7 Å². The molecule has 1 atom stereocenters. The average Bonchev–Trinajstić information content (AvgIpc) is 2.71. The average molecular weight is 268 g/mol. The molecule has 1 aliphatic rings. The van der Waals surface area contributed by atoms with Crippen molar-refractivity contribution < 1.29 is 9.53 Å². The highest BCUT2D eigenvalue weighted by atomic mass is 32.1. The van der Waals surface area contributed by atoms with Crippen LogP contribution in [0.3, 0.4) is 0 Å². The Bertz CT molecular complexity index is 428. The van der Waals surface area contributed by atoms with E-state index in [-0.39, 0.29) is 12.4 Å². The smallest absolute Gasteiger partial charge is 0.311 e. The summed E-state index contributed by atoms with van der Waals surface area (Å²) in [6, 6.07) is 0. The predicted octanol–water partition coefficient (Wildman–Crippen LogP) is 2.71. The summed E-state index contributed by atoms with van der Waals surface area (Å²) < 4.78 is 4.90. The van der Waals surface area contributed by atoms with Crippen molar-refractivity contribution in [2.45, 2.75) is 33.6 Å². The second-order valence-corrected chi connectivity index (χ2v) is 6.25. The van der Waals surface area contributed by atoms with Crippen molar-refractivity contribution in [2.24, 2.45) is 11.3 Å². The lowest BCUT2D eigenvalue weighted by atomic mass is 10.1. The Hall–Kier alpha value is -1.10. The van der Waals surface area contributed by atoms with Crippen LogP contribution in [0.5, 0.6) is 0 Å². The molecule has 0 aromatic carbocycles. The van der Waals surface area contributed by atoms with Crippen LogP contribution in [0.1, 0.15) is 32.9 Å². The van der Waals surface area contributed by atoms with E-state index in [9.17, 15) is 4.79 Å². The summed E-state index contributed by atoms with van der Waals surface area (Å²) >= 11 is 1.55. The molecule has 100 valence electrons. The zero-order valence-corrected chi connectivity index (χ0v) is 12.0. The second kappa shape index (κ2) is 5.26. The Kier molecular flexibility index (Phi) is 3.90. The number of carbonyl (C=O) groups excluding carboxylic acids is 1.